The number of nitrogen functional groups attached to an aromatic ring is 1. The van der Waals surface area contributed by atoms with Crippen LogP contribution in [0, 0.1) is 4.77 Å². The van der Waals surface area contributed by atoms with Crippen LogP contribution in [0.25, 0.3) is 0 Å². The molecule has 6 heteroatoms. The van der Waals surface area contributed by atoms with Crippen LogP contribution in [-0.4, -0.2) is 14.9 Å². The predicted molar refractivity (Wildman–Crippen MR) is 77.0 cm³/mol. The monoisotopic (exact) mass is 278 g/mol. The van der Waals surface area contributed by atoms with E-state index < -0.39 is 0 Å². The minimum absolute atomic E-state index is 0.137. The molecule has 102 valence electrons. The lowest BCUT2D eigenvalue weighted by atomic mass is 9.87. The van der Waals surface area contributed by atoms with Gasteiger partial charge < -0.3 is 10.6 Å². The molecule has 0 fully saturated rings. The number of hydrogen-bond acceptors (Lipinski definition) is 4. The first-order chi connectivity index (χ1) is 8.88. The van der Waals surface area contributed by atoms with Crippen molar-refractivity contribution in [3.63, 3.8) is 0 Å². The summed E-state index contributed by atoms with van der Waals surface area (Å²) in [5.74, 6) is 7.03. The van der Waals surface area contributed by atoms with E-state index in [4.69, 9.17) is 22.8 Å². The number of ether oxygens (including phenoxy) is 1. The Bertz CT molecular complexity index is 607. The second-order valence-corrected chi connectivity index (χ2v) is 5.76. The van der Waals surface area contributed by atoms with Crippen LogP contribution in [0.15, 0.2) is 24.3 Å². The van der Waals surface area contributed by atoms with Gasteiger partial charge in [-0.1, -0.05) is 32.9 Å². The SMILES string of the molecule is CC(C)(C)c1ccc(OCc2n[nH]c(=S)n2N)cc1. The van der Waals surface area contributed by atoms with Gasteiger partial charge in [0.2, 0.25) is 4.77 Å². The van der Waals surface area contributed by atoms with Gasteiger partial charge in [0, 0.05) is 0 Å². The summed E-state index contributed by atoms with van der Waals surface area (Å²) < 4.78 is 7.31. The van der Waals surface area contributed by atoms with E-state index in [0.717, 1.165) is 5.75 Å². The summed E-state index contributed by atoms with van der Waals surface area (Å²) in [6.45, 7) is 6.80. The number of aromatic nitrogens is 3. The number of hydrogen-bond donors (Lipinski definition) is 2. The van der Waals surface area contributed by atoms with E-state index in [1.54, 1.807) is 0 Å². The summed E-state index contributed by atoms with van der Waals surface area (Å²) in [7, 11) is 0. The van der Waals surface area contributed by atoms with Gasteiger partial charge in [-0.15, -0.1) is 0 Å². The highest BCUT2D eigenvalue weighted by Gasteiger charge is 2.13. The van der Waals surface area contributed by atoms with Crippen LogP contribution in [-0.2, 0) is 12.0 Å². The molecule has 0 saturated heterocycles. The highest BCUT2D eigenvalue weighted by atomic mass is 32.1. The highest BCUT2D eigenvalue weighted by molar-refractivity contribution is 7.71. The van der Waals surface area contributed by atoms with Gasteiger partial charge in [0.05, 0.1) is 0 Å². The maximum atomic E-state index is 5.69. The van der Waals surface area contributed by atoms with Gasteiger partial charge in [-0.25, -0.2) is 4.68 Å². The molecule has 1 aromatic heterocycles. The molecule has 2 aromatic rings. The van der Waals surface area contributed by atoms with Crippen molar-refractivity contribution in [2.24, 2.45) is 0 Å². The maximum Gasteiger partial charge on any atom is 0.214 e. The Kier molecular flexibility index (Phi) is 3.61. The summed E-state index contributed by atoms with van der Waals surface area (Å²) in [5, 5.41) is 6.60. The maximum absolute atomic E-state index is 5.69. The Morgan fingerprint density at radius 2 is 1.95 bits per heavy atom. The lowest BCUT2D eigenvalue weighted by Crippen LogP contribution is -2.14. The minimum Gasteiger partial charge on any atom is -0.486 e. The summed E-state index contributed by atoms with van der Waals surface area (Å²) in [5.41, 5.74) is 1.40. The molecule has 1 heterocycles. The van der Waals surface area contributed by atoms with Crippen molar-refractivity contribution < 1.29 is 4.74 Å². The van der Waals surface area contributed by atoms with Gasteiger partial charge in [0.1, 0.15) is 12.4 Å². The molecule has 3 N–H and O–H groups in total. The number of nitrogens with two attached hydrogens (primary N) is 1. The molecule has 5 nitrogen and oxygen atoms in total. The second kappa shape index (κ2) is 5.05. The van der Waals surface area contributed by atoms with Crippen LogP contribution in [0.2, 0.25) is 0 Å². The van der Waals surface area contributed by atoms with Gasteiger partial charge in [0.25, 0.3) is 0 Å². The Morgan fingerprint density at radius 3 is 2.42 bits per heavy atom. The Hall–Kier alpha value is -1.82. The lowest BCUT2D eigenvalue weighted by Gasteiger charge is -2.19. The van der Waals surface area contributed by atoms with E-state index in [1.165, 1.54) is 10.2 Å². The summed E-state index contributed by atoms with van der Waals surface area (Å²) >= 11 is 4.93. The third-order valence-electron chi connectivity index (χ3n) is 2.87. The molecule has 2 rings (SSSR count). The predicted octanol–water partition coefficient (Wildman–Crippen LogP) is 2.53. The molecule has 0 atom stereocenters. The molecule has 19 heavy (non-hydrogen) atoms. The number of nitrogens with one attached hydrogen (secondary N) is 1. The number of benzene rings is 1. The second-order valence-electron chi connectivity index (χ2n) is 5.38. The third kappa shape index (κ3) is 3.14. The highest BCUT2D eigenvalue weighted by Crippen LogP contribution is 2.24. The average Bonchev–Trinajstić information content (AvgIpc) is 2.67. The largest absolute Gasteiger partial charge is 0.486 e. The first-order valence-electron chi connectivity index (χ1n) is 6.02. The molecule has 0 amide bonds. The van der Waals surface area contributed by atoms with E-state index in [2.05, 4.69) is 43.1 Å². The van der Waals surface area contributed by atoms with E-state index in [0.29, 0.717) is 10.6 Å². The van der Waals surface area contributed by atoms with Crippen molar-refractivity contribution >= 4 is 12.2 Å². The topological polar surface area (TPSA) is 68.9 Å². The van der Waals surface area contributed by atoms with E-state index in [9.17, 15) is 0 Å². The van der Waals surface area contributed by atoms with Gasteiger partial charge in [-0.3, -0.25) is 5.10 Å². The summed E-state index contributed by atoms with van der Waals surface area (Å²) in [4.78, 5) is 0. The fourth-order valence-corrected chi connectivity index (χ4v) is 1.79. The summed E-state index contributed by atoms with van der Waals surface area (Å²) in [6.07, 6.45) is 0. The van der Waals surface area contributed by atoms with Crippen molar-refractivity contribution in [2.75, 3.05) is 5.84 Å². The minimum atomic E-state index is 0.137. The quantitative estimate of drug-likeness (QED) is 0.668. The average molecular weight is 278 g/mol. The van der Waals surface area contributed by atoms with Gasteiger partial charge >= 0.3 is 0 Å². The summed E-state index contributed by atoms with van der Waals surface area (Å²) in [6, 6.07) is 8.02. The molecule has 0 bridgehead atoms. The van der Waals surface area contributed by atoms with Crippen LogP contribution in [0.3, 0.4) is 0 Å². The molecule has 0 spiro atoms. The molecule has 1 aromatic carbocycles. The standard InChI is InChI=1S/C13H18N4OS/c1-13(2,3)9-4-6-10(7-5-9)18-8-11-15-16-12(19)17(11)14/h4-7H,8,14H2,1-3H3,(H,16,19). The molecular weight excluding hydrogens is 260 g/mol. The fraction of sp³-hybridized carbons (Fsp3) is 0.385. The van der Waals surface area contributed by atoms with Crippen LogP contribution in [0.5, 0.6) is 5.75 Å². The lowest BCUT2D eigenvalue weighted by molar-refractivity contribution is 0.292. The fourth-order valence-electron chi connectivity index (χ4n) is 1.64. The molecule has 0 radical (unpaired) electrons. The number of rotatable bonds is 3. The van der Waals surface area contributed by atoms with Crippen LogP contribution >= 0.6 is 12.2 Å². The van der Waals surface area contributed by atoms with Crippen LogP contribution < -0.4 is 10.6 Å². The molecule has 0 saturated carbocycles. The Balaban J connectivity index is 2.05. The Morgan fingerprint density at radius 1 is 1.32 bits per heavy atom. The molecule has 0 aliphatic carbocycles. The first-order valence-corrected chi connectivity index (χ1v) is 6.43. The van der Waals surface area contributed by atoms with E-state index >= 15 is 0 Å². The van der Waals surface area contributed by atoms with Crippen molar-refractivity contribution in [1.82, 2.24) is 14.9 Å². The molecular formula is C13H18N4OS. The van der Waals surface area contributed by atoms with Crippen molar-refractivity contribution in [3.8, 4) is 5.75 Å². The van der Waals surface area contributed by atoms with E-state index in [1.807, 2.05) is 12.1 Å². The molecule has 0 unspecified atom stereocenters. The van der Waals surface area contributed by atoms with Crippen molar-refractivity contribution in [3.05, 3.63) is 40.4 Å². The number of H-pyrrole nitrogens is 1. The zero-order valence-corrected chi connectivity index (χ0v) is 12.1. The van der Waals surface area contributed by atoms with Gasteiger partial charge in [-0.2, -0.15) is 5.10 Å². The van der Waals surface area contributed by atoms with Gasteiger partial charge in [-0.05, 0) is 35.3 Å². The number of aromatic amines is 1. The molecule has 0 aliphatic heterocycles. The normalized spacial score (nSPS) is 11.5. The van der Waals surface area contributed by atoms with Crippen LogP contribution in [0.4, 0.5) is 0 Å². The smallest absolute Gasteiger partial charge is 0.214 e. The number of nitrogens with zero attached hydrogens (tertiary/aromatic N) is 2. The zero-order chi connectivity index (χ0) is 14.0. The first kappa shape index (κ1) is 13.6. The van der Waals surface area contributed by atoms with Gasteiger partial charge in [0.15, 0.2) is 5.82 Å². The van der Waals surface area contributed by atoms with Crippen molar-refractivity contribution in [2.45, 2.75) is 32.8 Å². The van der Waals surface area contributed by atoms with Crippen molar-refractivity contribution in [1.29, 1.82) is 0 Å². The van der Waals surface area contributed by atoms with E-state index in [-0.39, 0.29) is 12.0 Å². The third-order valence-corrected chi connectivity index (χ3v) is 3.15. The zero-order valence-electron chi connectivity index (χ0n) is 11.3. The molecule has 0 aliphatic rings. The van der Waals surface area contributed by atoms with Crippen LogP contribution in [0.1, 0.15) is 32.2 Å². The Labute approximate surface area is 117 Å².